The van der Waals surface area contributed by atoms with Crippen LogP contribution in [0, 0.1) is 24.1 Å². The molecule has 1 atom stereocenters. The van der Waals surface area contributed by atoms with Crippen molar-refractivity contribution in [3.05, 3.63) is 59.2 Å². The fraction of sp³-hybridized carbons (Fsp3) is 0.417. The predicted octanol–water partition coefficient (Wildman–Crippen LogP) is 1.63. The molecule has 0 unspecified atom stereocenters. The smallest absolute Gasteiger partial charge is 0.270 e. The van der Waals surface area contributed by atoms with E-state index in [0.717, 1.165) is 36.5 Å². The monoisotopic (exact) mass is 481 g/mol. The van der Waals surface area contributed by atoms with Gasteiger partial charge < -0.3 is 26.1 Å². The lowest BCUT2D eigenvalue weighted by Crippen LogP contribution is -2.51. The topological polar surface area (TPSA) is 147 Å². The summed E-state index contributed by atoms with van der Waals surface area (Å²) in [5.74, 6) is -1.27. The molecule has 2 aromatic rings. The van der Waals surface area contributed by atoms with Crippen LogP contribution in [0.2, 0.25) is 0 Å². The Morgan fingerprint density at radius 3 is 2.77 bits per heavy atom. The molecule has 0 radical (unpaired) electrons. The maximum Gasteiger partial charge on any atom is 0.270 e. The van der Waals surface area contributed by atoms with E-state index in [1.54, 1.807) is 17.3 Å². The van der Waals surface area contributed by atoms with Crippen molar-refractivity contribution in [2.45, 2.75) is 44.7 Å². The molecule has 1 aliphatic carbocycles. The van der Waals surface area contributed by atoms with Gasteiger partial charge in [0.2, 0.25) is 11.8 Å². The number of nitrogens with zero attached hydrogens (tertiary/aromatic N) is 4. The molecular weight excluding hydrogens is 453 g/mol. The predicted molar refractivity (Wildman–Crippen MR) is 125 cm³/mol. The molecule has 3 heterocycles. The number of hydrogen-bond donors (Lipinski definition) is 3. The highest BCUT2D eigenvalue weighted by Gasteiger charge is 2.54. The molecule has 184 valence electrons. The first-order chi connectivity index (χ1) is 16.7. The fourth-order valence-corrected chi connectivity index (χ4v) is 4.47. The summed E-state index contributed by atoms with van der Waals surface area (Å²) in [6.45, 7) is 2.52. The third kappa shape index (κ3) is 5.13. The number of amides is 2. The summed E-state index contributed by atoms with van der Waals surface area (Å²) in [5, 5.41) is 11.1. The third-order valence-electron chi connectivity index (χ3n) is 6.63. The Morgan fingerprint density at radius 2 is 2.09 bits per heavy atom. The summed E-state index contributed by atoms with van der Waals surface area (Å²) in [5.41, 5.74) is 6.64. The van der Waals surface area contributed by atoms with Crippen molar-refractivity contribution in [3.63, 3.8) is 0 Å². The first-order valence-corrected chi connectivity index (χ1v) is 11.4. The number of methoxy groups -OCH3 is 1. The van der Waals surface area contributed by atoms with Crippen LogP contribution >= 0.6 is 0 Å². The maximum atomic E-state index is 14.1. The number of nitrogens with one attached hydrogen (secondary N) is 2. The van der Waals surface area contributed by atoms with Crippen LogP contribution in [-0.2, 0) is 16.1 Å². The number of carbonyl (C=O) groups excluding carboxylic acids is 2. The summed E-state index contributed by atoms with van der Waals surface area (Å²) in [4.78, 5) is 39.8. The molecule has 2 amide bonds. The highest BCUT2D eigenvalue weighted by Crippen LogP contribution is 2.50. The van der Waals surface area contributed by atoms with E-state index >= 15 is 0 Å². The molecule has 4 N–H and O–H groups in total. The van der Waals surface area contributed by atoms with Gasteiger partial charge in [-0.1, -0.05) is 0 Å². The van der Waals surface area contributed by atoms with Crippen molar-refractivity contribution in [2.75, 3.05) is 13.7 Å². The second-order valence-corrected chi connectivity index (χ2v) is 8.90. The quantitative estimate of drug-likeness (QED) is 0.402. The number of ether oxygens (including phenoxy) is 1. The third-order valence-corrected chi connectivity index (χ3v) is 6.63. The molecule has 4 rings (SSSR count). The van der Waals surface area contributed by atoms with Crippen molar-refractivity contribution in [3.8, 4) is 5.88 Å². The van der Waals surface area contributed by atoms with Crippen LogP contribution in [0.4, 0.5) is 4.39 Å². The van der Waals surface area contributed by atoms with E-state index < -0.39 is 17.3 Å². The highest BCUT2D eigenvalue weighted by atomic mass is 19.1. The Bertz CT molecular complexity index is 1200. The van der Waals surface area contributed by atoms with E-state index in [2.05, 4.69) is 20.3 Å². The van der Waals surface area contributed by atoms with Gasteiger partial charge in [0.1, 0.15) is 0 Å². The highest BCUT2D eigenvalue weighted by molar-refractivity contribution is 6.11. The minimum atomic E-state index is -0.713. The number of aromatic nitrogens is 3. The van der Waals surface area contributed by atoms with Crippen molar-refractivity contribution in [2.24, 2.45) is 11.7 Å². The van der Waals surface area contributed by atoms with E-state index in [1.807, 2.05) is 6.92 Å². The molecule has 35 heavy (non-hydrogen) atoms. The molecule has 2 fully saturated rings. The standard InChI is InChI=1S/C24H28FN7O3/c1-14-20(29-7-6-28-14)13-31-22(33)15-3-8-32(24(11-15)4-5-24)23(34)19(27)10-18(26)16-9-21(35-2)30-12-17(16)25/h6-7,9-10,12,15,26H,3-5,8,11,13,27H2,1-2H3,(H,31,33)/b19-10-,26-18?/t15-/m0/s1. The van der Waals surface area contributed by atoms with Crippen LogP contribution in [0.25, 0.3) is 0 Å². The van der Waals surface area contributed by atoms with Crippen molar-refractivity contribution >= 4 is 17.5 Å². The lowest BCUT2D eigenvalue weighted by atomic mass is 9.88. The van der Waals surface area contributed by atoms with Gasteiger partial charge in [0.05, 0.1) is 42.6 Å². The number of pyridine rings is 1. The summed E-state index contributed by atoms with van der Waals surface area (Å²) >= 11 is 0. The summed E-state index contributed by atoms with van der Waals surface area (Å²) < 4.78 is 19.1. The van der Waals surface area contributed by atoms with Gasteiger partial charge in [0, 0.05) is 42.0 Å². The molecule has 1 saturated heterocycles. The molecule has 1 aliphatic heterocycles. The van der Waals surface area contributed by atoms with Gasteiger partial charge in [-0.25, -0.2) is 9.37 Å². The van der Waals surface area contributed by atoms with Crippen molar-refractivity contribution in [1.82, 2.24) is 25.2 Å². The molecular formula is C24H28FN7O3. The fourth-order valence-electron chi connectivity index (χ4n) is 4.47. The number of hydrogen-bond acceptors (Lipinski definition) is 8. The summed E-state index contributed by atoms with van der Waals surface area (Å²) in [7, 11) is 1.39. The molecule has 0 bridgehead atoms. The van der Waals surface area contributed by atoms with Gasteiger partial charge in [-0.3, -0.25) is 19.6 Å². The Balaban J connectivity index is 1.40. The SMILES string of the molecule is COc1cc(C(=N)/C=C(\N)C(=O)N2CC[C@H](C(=O)NCc3nccnc3C)CC23CC3)c(F)cn1. The number of carbonyl (C=O) groups is 2. The first kappa shape index (κ1) is 24.2. The van der Waals surface area contributed by atoms with E-state index in [9.17, 15) is 14.0 Å². The Hall–Kier alpha value is -3.89. The van der Waals surface area contributed by atoms with Gasteiger partial charge in [0.25, 0.3) is 5.91 Å². The number of halogens is 1. The number of rotatable bonds is 7. The van der Waals surface area contributed by atoms with Crippen LogP contribution < -0.4 is 15.8 Å². The summed E-state index contributed by atoms with van der Waals surface area (Å²) in [6.07, 6.45) is 7.92. The van der Waals surface area contributed by atoms with Crippen molar-refractivity contribution in [1.29, 1.82) is 5.41 Å². The van der Waals surface area contributed by atoms with E-state index in [-0.39, 0.29) is 34.7 Å². The largest absolute Gasteiger partial charge is 0.481 e. The lowest BCUT2D eigenvalue weighted by molar-refractivity contribution is -0.137. The zero-order valence-electron chi connectivity index (χ0n) is 19.7. The van der Waals surface area contributed by atoms with Crippen LogP contribution in [-0.4, -0.2) is 56.6 Å². The minimum absolute atomic E-state index is 0.0672. The molecule has 10 nitrogen and oxygen atoms in total. The van der Waals surface area contributed by atoms with Crippen LogP contribution in [0.1, 0.15) is 42.6 Å². The van der Waals surface area contributed by atoms with Crippen LogP contribution in [0.5, 0.6) is 5.88 Å². The number of likely N-dealkylation sites (tertiary alicyclic amines) is 1. The molecule has 0 aromatic carbocycles. The number of piperidine rings is 1. The molecule has 2 aliphatic rings. The zero-order valence-corrected chi connectivity index (χ0v) is 19.7. The van der Waals surface area contributed by atoms with Crippen LogP contribution in [0.15, 0.2) is 36.4 Å². The minimum Gasteiger partial charge on any atom is -0.481 e. The Labute approximate surface area is 202 Å². The van der Waals surface area contributed by atoms with Gasteiger partial charge in [-0.2, -0.15) is 0 Å². The maximum absolute atomic E-state index is 14.1. The molecule has 1 saturated carbocycles. The number of allylic oxidation sites excluding steroid dienone is 1. The van der Waals surface area contributed by atoms with Crippen molar-refractivity contribution < 1.29 is 18.7 Å². The van der Waals surface area contributed by atoms with Crippen LogP contribution in [0.3, 0.4) is 0 Å². The summed E-state index contributed by atoms with van der Waals surface area (Å²) in [6, 6.07) is 1.28. The lowest BCUT2D eigenvalue weighted by Gasteiger charge is -2.39. The van der Waals surface area contributed by atoms with Gasteiger partial charge in [-0.15, -0.1) is 0 Å². The Kier molecular flexibility index (Phi) is 6.77. The van der Waals surface area contributed by atoms with E-state index in [0.29, 0.717) is 25.9 Å². The second kappa shape index (κ2) is 9.77. The van der Waals surface area contributed by atoms with Gasteiger partial charge in [-0.05, 0) is 38.7 Å². The van der Waals surface area contributed by atoms with Gasteiger partial charge >= 0.3 is 0 Å². The van der Waals surface area contributed by atoms with E-state index in [1.165, 1.54) is 13.2 Å². The molecule has 11 heteroatoms. The van der Waals surface area contributed by atoms with E-state index in [4.69, 9.17) is 15.9 Å². The average Bonchev–Trinajstić information content (AvgIpc) is 3.62. The molecule has 1 spiro atoms. The number of nitrogens with two attached hydrogens (primary N) is 1. The second-order valence-electron chi connectivity index (χ2n) is 8.90. The average molecular weight is 482 g/mol. The zero-order chi connectivity index (χ0) is 25.2. The molecule has 2 aromatic heterocycles. The van der Waals surface area contributed by atoms with Gasteiger partial charge in [0.15, 0.2) is 5.82 Å². The normalized spacial score (nSPS) is 18.8. The number of aryl methyl sites for hydroxylation is 1. The Morgan fingerprint density at radius 1 is 1.34 bits per heavy atom. The first-order valence-electron chi connectivity index (χ1n) is 11.4.